The van der Waals surface area contributed by atoms with Crippen molar-refractivity contribution < 1.29 is 14.6 Å². The van der Waals surface area contributed by atoms with Crippen molar-refractivity contribution in [2.24, 2.45) is 0 Å². The van der Waals surface area contributed by atoms with Crippen LogP contribution in [0.4, 0.5) is 5.82 Å². The Morgan fingerprint density at radius 1 is 1.17 bits per heavy atom. The Morgan fingerprint density at radius 3 is 2.81 bits per heavy atom. The number of benzene rings is 2. The molecule has 0 spiro atoms. The fourth-order valence-electron chi connectivity index (χ4n) is 6.51. The number of fused-ring (bicyclic) bond motifs is 2. The van der Waals surface area contributed by atoms with Crippen LogP contribution in [0.5, 0.6) is 11.8 Å². The zero-order valence-corrected chi connectivity index (χ0v) is 24.1. The molecule has 4 heterocycles. The lowest BCUT2D eigenvalue weighted by Crippen LogP contribution is -2.56. The summed E-state index contributed by atoms with van der Waals surface area (Å²) in [6.07, 6.45) is 3.57. The topological polar surface area (TPSA) is 89.6 Å². The summed E-state index contributed by atoms with van der Waals surface area (Å²) in [6, 6.07) is 12.3. The number of rotatable bonds is 8. The highest BCUT2D eigenvalue weighted by Crippen LogP contribution is 2.36. The maximum atomic E-state index is 12.5. The third kappa shape index (κ3) is 5.50. The molecule has 2 aromatic carbocycles. The van der Waals surface area contributed by atoms with Crippen molar-refractivity contribution in [3.8, 4) is 11.8 Å². The van der Waals surface area contributed by atoms with Crippen molar-refractivity contribution in [3.63, 3.8) is 0 Å². The molecule has 2 saturated heterocycles. The molecule has 0 unspecified atom stereocenters. The highest BCUT2D eigenvalue weighted by Gasteiger charge is 2.36. The van der Waals surface area contributed by atoms with E-state index < -0.39 is 0 Å². The molecule has 1 amide bonds. The Hall–Kier alpha value is -4.20. The average molecular weight is 568 g/mol. The third-order valence-corrected chi connectivity index (χ3v) is 8.82. The van der Waals surface area contributed by atoms with Gasteiger partial charge in [-0.15, -0.1) is 0 Å². The molecule has 6 rings (SSSR count). The number of hydrogen-bond donors (Lipinski definition) is 1. The van der Waals surface area contributed by atoms with E-state index in [0.29, 0.717) is 57.9 Å². The van der Waals surface area contributed by atoms with Gasteiger partial charge in [0.15, 0.2) is 0 Å². The molecule has 3 aliphatic rings. The predicted molar refractivity (Wildman–Crippen MR) is 161 cm³/mol. The summed E-state index contributed by atoms with van der Waals surface area (Å²) >= 11 is 0. The monoisotopic (exact) mass is 567 g/mol. The van der Waals surface area contributed by atoms with Gasteiger partial charge in [-0.2, -0.15) is 9.97 Å². The van der Waals surface area contributed by atoms with Gasteiger partial charge in [-0.05, 0) is 49.3 Å². The molecule has 2 fully saturated rings. The number of likely N-dealkylation sites (N-methyl/N-ethyl adjacent to an activating group) is 1. The van der Waals surface area contributed by atoms with Crippen LogP contribution in [0.2, 0.25) is 0 Å². The van der Waals surface area contributed by atoms with Gasteiger partial charge in [-0.3, -0.25) is 9.69 Å². The minimum atomic E-state index is -0.256. The van der Waals surface area contributed by atoms with Gasteiger partial charge in [-0.25, -0.2) is 6.57 Å². The number of nitrogens with zero attached hydrogens (tertiary/aromatic N) is 7. The largest absolute Gasteiger partial charge is 0.508 e. The van der Waals surface area contributed by atoms with Crippen molar-refractivity contribution in [2.75, 3.05) is 51.3 Å². The quantitative estimate of drug-likeness (QED) is 0.327. The second kappa shape index (κ2) is 12.0. The number of phenolic OH excluding ortho intramolecular Hbond substituents is 1. The molecule has 0 aliphatic carbocycles. The van der Waals surface area contributed by atoms with Crippen LogP contribution < -0.4 is 9.64 Å². The normalized spacial score (nSPS) is 21.0. The van der Waals surface area contributed by atoms with Crippen LogP contribution >= 0.6 is 0 Å². The summed E-state index contributed by atoms with van der Waals surface area (Å²) in [6.45, 7) is 16.3. The number of aromatic nitrogens is 2. The molecule has 1 N–H and O–H groups in total. The van der Waals surface area contributed by atoms with Gasteiger partial charge in [0.25, 0.3) is 0 Å². The smallest absolute Gasteiger partial charge is 0.318 e. The Balaban J connectivity index is 1.29. The zero-order valence-electron chi connectivity index (χ0n) is 24.1. The van der Waals surface area contributed by atoms with Crippen molar-refractivity contribution in [3.05, 3.63) is 77.3 Å². The van der Waals surface area contributed by atoms with Gasteiger partial charge in [0.1, 0.15) is 24.2 Å². The van der Waals surface area contributed by atoms with E-state index in [0.717, 1.165) is 52.8 Å². The summed E-state index contributed by atoms with van der Waals surface area (Å²) in [7, 11) is 2.12. The number of carbonyl (C=O) groups excluding carboxylic acids is 1. The minimum Gasteiger partial charge on any atom is -0.508 e. The van der Waals surface area contributed by atoms with Gasteiger partial charge in [-0.1, -0.05) is 36.9 Å². The zero-order chi connectivity index (χ0) is 29.2. The number of ether oxygens (including phenoxy) is 1. The molecule has 1 aromatic heterocycles. The second-order valence-corrected chi connectivity index (χ2v) is 11.4. The lowest BCUT2D eigenvalue weighted by atomic mass is 10.0. The third-order valence-electron chi connectivity index (χ3n) is 8.82. The van der Waals surface area contributed by atoms with Crippen molar-refractivity contribution in [2.45, 2.75) is 44.6 Å². The number of piperazine rings is 1. The van der Waals surface area contributed by atoms with Crippen molar-refractivity contribution >= 4 is 22.5 Å². The Bertz CT molecular complexity index is 1540. The molecule has 10 nitrogen and oxygen atoms in total. The number of anilines is 1. The maximum Gasteiger partial charge on any atom is 0.318 e. The summed E-state index contributed by atoms with van der Waals surface area (Å²) in [5, 5.41) is 12.9. The molecule has 42 heavy (non-hydrogen) atoms. The second-order valence-electron chi connectivity index (χ2n) is 11.4. The number of aromatic hydroxyl groups is 1. The van der Waals surface area contributed by atoms with Crippen LogP contribution in [-0.4, -0.2) is 94.1 Å². The van der Waals surface area contributed by atoms with Gasteiger partial charge >= 0.3 is 6.01 Å². The van der Waals surface area contributed by atoms with Crippen LogP contribution in [0.3, 0.4) is 0 Å². The van der Waals surface area contributed by atoms with E-state index in [-0.39, 0.29) is 24.2 Å². The first-order valence-electron chi connectivity index (χ1n) is 14.6. The molecule has 218 valence electrons. The lowest BCUT2D eigenvalue weighted by molar-refractivity contribution is -0.128. The van der Waals surface area contributed by atoms with Crippen molar-refractivity contribution in [1.82, 2.24) is 24.7 Å². The van der Waals surface area contributed by atoms with E-state index in [1.807, 2.05) is 24.3 Å². The highest BCUT2D eigenvalue weighted by atomic mass is 16.5. The van der Waals surface area contributed by atoms with E-state index in [9.17, 15) is 9.90 Å². The lowest BCUT2D eigenvalue weighted by Gasteiger charge is -2.40. The number of likely N-dealkylation sites (tertiary alicyclic amines) is 1. The first-order valence-corrected chi connectivity index (χ1v) is 14.6. The number of hydrogen-bond acceptors (Lipinski definition) is 8. The summed E-state index contributed by atoms with van der Waals surface area (Å²) < 4.78 is 6.22. The fourth-order valence-corrected chi connectivity index (χ4v) is 6.51. The number of phenols is 1. The van der Waals surface area contributed by atoms with Gasteiger partial charge < -0.3 is 29.4 Å². The van der Waals surface area contributed by atoms with E-state index in [4.69, 9.17) is 21.3 Å². The Labute approximate surface area is 246 Å². The molecule has 0 saturated carbocycles. The van der Waals surface area contributed by atoms with Crippen LogP contribution in [-0.2, 0) is 24.4 Å². The van der Waals surface area contributed by atoms with Crippen LogP contribution in [0.25, 0.3) is 15.6 Å². The standard InChI is InChI=1S/C32H37N7O3/c1-4-30(41)39-15-14-38(17-24(39)16-33-2)31-27-19-37(18-26-25-10-6-5-8-22(25)11-12-29(26)40)20-28(27)34-32(35-31)42-21-23-9-7-13-36(23)3/h4-6,8,10-12,23-24,40H,1,7,9,13-21H2,3H3/t23-,24-/m0/s1. The Kier molecular flexibility index (Phi) is 7.96. The molecule has 2 atom stereocenters. The predicted octanol–water partition coefficient (Wildman–Crippen LogP) is 3.45. The first kappa shape index (κ1) is 27.9. The van der Waals surface area contributed by atoms with E-state index in [2.05, 4.69) is 39.2 Å². The Morgan fingerprint density at radius 2 is 2.02 bits per heavy atom. The number of amides is 1. The van der Waals surface area contributed by atoms with Crippen molar-refractivity contribution in [1.29, 1.82) is 0 Å². The maximum absolute atomic E-state index is 12.5. The van der Waals surface area contributed by atoms with Crippen LogP contribution in [0.1, 0.15) is 29.7 Å². The SMILES string of the molecule is [C-]#[N+]C[C@H]1CN(c2nc(OC[C@@H]3CCCN3C)nc3c2CN(Cc2c(O)ccc4ccccc24)C3)CCN1C(=O)C=C. The molecule has 0 bridgehead atoms. The minimum absolute atomic E-state index is 0.151. The molecule has 3 aliphatic heterocycles. The summed E-state index contributed by atoms with van der Waals surface area (Å²) in [5.74, 6) is 0.938. The van der Waals surface area contributed by atoms with E-state index in [1.54, 1.807) is 11.0 Å². The summed E-state index contributed by atoms with van der Waals surface area (Å²) in [5.41, 5.74) is 2.84. The fraction of sp³-hybridized carbons (Fsp3) is 0.438. The molecular formula is C32H37N7O3. The molecule has 0 radical (unpaired) electrons. The van der Waals surface area contributed by atoms with Gasteiger partial charge in [0, 0.05) is 56.4 Å². The van der Waals surface area contributed by atoms with Gasteiger partial charge in [0.05, 0.1) is 5.69 Å². The van der Waals surface area contributed by atoms with E-state index in [1.165, 1.54) is 6.08 Å². The molecule has 3 aromatic rings. The molecule has 10 heteroatoms. The molecular weight excluding hydrogens is 530 g/mol. The van der Waals surface area contributed by atoms with Gasteiger partial charge in [0.2, 0.25) is 12.5 Å². The van der Waals surface area contributed by atoms with E-state index >= 15 is 0 Å². The number of carbonyl (C=O) groups is 1. The highest BCUT2D eigenvalue weighted by molar-refractivity contribution is 5.88. The summed E-state index contributed by atoms with van der Waals surface area (Å²) in [4.78, 5) is 34.5. The van der Waals surface area contributed by atoms with Crippen LogP contribution in [0.15, 0.2) is 49.1 Å². The van der Waals surface area contributed by atoms with Crippen LogP contribution in [0, 0.1) is 6.57 Å². The first-order chi connectivity index (χ1) is 20.4. The average Bonchev–Trinajstić information content (AvgIpc) is 3.61.